The summed E-state index contributed by atoms with van der Waals surface area (Å²) in [5, 5.41) is 3.17. The Labute approximate surface area is 139 Å². The second-order valence-corrected chi connectivity index (χ2v) is 9.55. The topological polar surface area (TPSA) is 42.4 Å². The molecule has 6 heteroatoms. The highest BCUT2D eigenvalue weighted by Gasteiger charge is 2.53. The number of carbonyl (C=O) groups is 1. The maximum absolute atomic E-state index is 12.2. The van der Waals surface area contributed by atoms with E-state index in [0.29, 0.717) is 30.5 Å². The number of aryl methyl sites for hydroxylation is 1. The van der Waals surface area contributed by atoms with E-state index >= 15 is 0 Å². The van der Waals surface area contributed by atoms with Gasteiger partial charge < -0.3 is 9.64 Å². The molecule has 0 radical (unpaired) electrons. The van der Waals surface area contributed by atoms with Gasteiger partial charge in [-0.25, -0.2) is 4.98 Å². The van der Waals surface area contributed by atoms with Gasteiger partial charge in [0.2, 0.25) is 5.91 Å². The van der Waals surface area contributed by atoms with Crippen molar-refractivity contribution >= 4 is 29.0 Å². The fourth-order valence-corrected chi connectivity index (χ4v) is 5.66. The number of amides is 1. The summed E-state index contributed by atoms with van der Waals surface area (Å²) in [5.41, 5.74) is 1.04. The molecule has 1 aromatic heterocycles. The minimum atomic E-state index is 0.274. The summed E-state index contributed by atoms with van der Waals surface area (Å²) in [6.45, 7) is 6.67. The van der Waals surface area contributed by atoms with Crippen LogP contribution in [0.3, 0.4) is 0 Å². The molecule has 0 N–H and O–H groups in total. The number of aromatic nitrogens is 1. The molecule has 3 aliphatic rings. The zero-order chi connectivity index (χ0) is 15.3. The average Bonchev–Trinajstić information content (AvgIpc) is 2.87. The molecule has 0 unspecified atom stereocenters. The van der Waals surface area contributed by atoms with Gasteiger partial charge in [-0.15, -0.1) is 23.1 Å². The maximum atomic E-state index is 12.2. The van der Waals surface area contributed by atoms with Gasteiger partial charge in [0.15, 0.2) is 0 Å². The highest BCUT2D eigenvalue weighted by molar-refractivity contribution is 8.01. The van der Waals surface area contributed by atoms with Crippen molar-refractivity contribution in [2.24, 2.45) is 11.8 Å². The minimum absolute atomic E-state index is 0.274. The highest BCUT2D eigenvalue weighted by atomic mass is 32.2. The number of rotatable bonds is 4. The van der Waals surface area contributed by atoms with Crippen LogP contribution in [0.1, 0.15) is 30.5 Å². The molecule has 1 aliphatic carbocycles. The third-order valence-electron chi connectivity index (χ3n) is 5.00. The standard InChI is InChI=1S/C16H22N2O2S2/c1-10-3-14(10)15(19)18-8-16(9-18)4-13(7-22-16)20-5-12-6-21-11(2)17-12/h6,10,13-14H,3-5,7-9H2,1-2H3/t10-,13+,14-/m1/s1. The van der Waals surface area contributed by atoms with Gasteiger partial charge in [0.05, 0.1) is 28.2 Å². The predicted molar refractivity (Wildman–Crippen MR) is 89.1 cm³/mol. The molecule has 120 valence electrons. The zero-order valence-electron chi connectivity index (χ0n) is 13.1. The molecule has 3 atom stereocenters. The van der Waals surface area contributed by atoms with Crippen LogP contribution in [0.15, 0.2) is 5.38 Å². The Morgan fingerprint density at radius 1 is 1.55 bits per heavy atom. The van der Waals surface area contributed by atoms with Crippen LogP contribution in [-0.2, 0) is 16.1 Å². The monoisotopic (exact) mass is 338 g/mol. The first-order chi connectivity index (χ1) is 10.5. The van der Waals surface area contributed by atoms with Crippen LogP contribution < -0.4 is 0 Å². The van der Waals surface area contributed by atoms with Crippen molar-refractivity contribution in [2.75, 3.05) is 18.8 Å². The number of thiazole rings is 1. The Hall–Kier alpha value is -0.590. The quantitative estimate of drug-likeness (QED) is 0.846. The molecule has 1 amide bonds. The smallest absolute Gasteiger partial charge is 0.226 e. The van der Waals surface area contributed by atoms with Crippen molar-refractivity contribution < 1.29 is 9.53 Å². The van der Waals surface area contributed by atoms with E-state index in [1.165, 1.54) is 0 Å². The van der Waals surface area contributed by atoms with Gasteiger partial charge in [0, 0.05) is 30.1 Å². The van der Waals surface area contributed by atoms with E-state index in [1.807, 2.05) is 18.7 Å². The van der Waals surface area contributed by atoms with Gasteiger partial charge in [-0.2, -0.15) is 0 Å². The van der Waals surface area contributed by atoms with E-state index in [-0.39, 0.29) is 4.75 Å². The Morgan fingerprint density at radius 3 is 2.95 bits per heavy atom. The van der Waals surface area contributed by atoms with Crippen molar-refractivity contribution in [1.29, 1.82) is 0 Å². The fraction of sp³-hybridized carbons (Fsp3) is 0.750. The van der Waals surface area contributed by atoms with Gasteiger partial charge in [-0.3, -0.25) is 4.79 Å². The maximum Gasteiger partial charge on any atom is 0.226 e. The van der Waals surface area contributed by atoms with Crippen LogP contribution >= 0.6 is 23.1 Å². The van der Waals surface area contributed by atoms with Crippen molar-refractivity contribution in [3.8, 4) is 0 Å². The summed E-state index contributed by atoms with van der Waals surface area (Å²) >= 11 is 3.67. The molecule has 1 aromatic rings. The molecule has 4 rings (SSSR count). The van der Waals surface area contributed by atoms with E-state index in [9.17, 15) is 4.79 Å². The van der Waals surface area contributed by atoms with E-state index < -0.39 is 0 Å². The summed E-state index contributed by atoms with van der Waals surface area (Å²) in [6, 6.07) is 0. The lowest BCUT2D eigenvalue weighted by Gasteiger charge is -2.47. The molecular formula is C16H22N2O2S2. The second-order valence-electron chi connectivity index (χ2n) is 7.00. The van der Waals surface area contributed by atoms with Crippen molar-refractivity contribution in [3.05, 3.63) is 16.1 Å². The van der Waals surface area contributed by atoms with E-state index in [4.69, 9.17) is 4.74 Å². The van der Waals surface area contributed by atoms with Crippen LogP contribution in [0.2, 0.25) is 0 Å². The Kier molecular flexibility index (Phi) is 3.74. The van der Waals surface area contributed by atoms with E-state index in [1.54, 1.807) is 11.3 Å². The number of hydrogen-bond donors (Lipinski definition) is 0. The number of nitrogens with zero attached hydrogens (tertiary/aromatic N) is 2. The molecule has 3 fully saturated rings. The number of ether oxygens (including phenoxy) is 1. The van der Waals surface area contributed by atoms with Gasteiger partial charge in [0.25, 0.3) is 0 Å². The molecular weight excluding hydrogens is 316 g/mol. The van der Waals surface area contributed by atoms with Crippen molar-refractivity contribution in [2.45, 2.75) is 44.1 Å². The summed E-state index contributed by atoms with van der Waals surface area (Å²) in [7, 11) is 0. The molecule has 1 spiro atoms. The third kappa shape index (κ3) is 2.81. The average molecular weight is 338 g/mol. The Morgan fingerprint density at radius 2 is 2.32 bits per heavy atom. The van der Waals surface area contributed by atoms with Crippen molar-refractivity contribution in [1.82, 2.24) is 9.88 Å². The Balaban J connectivity index is 1.24. The lowest BCUT2D eigenvalue weighted by Crippen LogP contribution is -2.61. The molecule has 2 aliphatic heterocycles. The minimum Gasteiger partial charge on any atom is -0.371 e. The Bertz CT molecular complexity index is 582. The number of likely N-dealkylation sites (tertiary alicyclic amines) is 1. The molecule has 0 bridgehead atoms. The highest BCUT2D eigenvalue weighted by Crippen LogP contribution is 2.48. The lowest BCUT2D eigenvalue weighted by atomic mass is 9.92. The first-order valence-electron chi connectivity index (χ1n) is 8.00. The first-order valence-corrected chi connectivity index (χ1v) is 9.86. The fourth-order valence-electron chi connectivity index (χ4n) is 3.51. The second kappa shape index (κ2) is 5.49. The largest absolute Gasteiger partial charge is 0.371 e. The summed E-state index contributed by atoms with van der Waals surface area (Å²) < 4.78 is 6.30. The summed E-state index contributed by atoms with van der Waals surface area (Å²) in [4.78, 5) is 18.7. The predicted octanol–water partition coefficient (Wildman–Crippen LogP) is 2.71. The summed E-state index contributed by atoms with van der Waals surface area (Å²) in [6.07, 6.45) is 2.48. The van der Waals surface area contributed by atoms with Crippen LogP contribution in [-0.4, -0.2) is 45.5 Å². The van der Waals surface area contributed by atoms with Crippen LogP contribution in [0.4, 0.5) is 0 Å². The lowest BCUT2D eigenvalue weighted by molar-refractivity contribution is -0.138. The third-order valence-corrected chi connectivity index (χ3v) is 7.40. The molecule has 0 aromatic carbocycles. The molecule has 3 heterocycles. The van der Waals surface area contributed by atoms with Crippen LogP contribution in [0, 0.1) is 18.8 Å². The molecule has 2 saturated heterocycles. The number of hydrogen-bond acceptors (Lipinski definition) is 5. The van der Waals surface area contributed by atoms with Gasteiger partial charge in [0.1, 0.15) is 0 Å². The summed E-state index contributed by atoms with van der Waals surface area (Å²) in [5.74, 6) is 2.37. The first kappa shape index (κ1) is 15.0. The molecule has 22 heavy (non-hydrogen) atoms. The normalized spacial score (nSPS) is 32.3. The SMILES string of the molecule is Cc1nc(CO[C@@H]2CSC3(C2)CN(C(=O)[C@@H]2C[C@H]2C)C3)cs1. The van der Waals surface area contributed by atoms with Crippen LogP contribution in [0.5, 0.6) is 0 Å². The number of carbonyl (C=O) groups excluding carboxylic acids is 1. The molecule has 4 nitrogen and oxygen atoms in total. The number of thioether (sulfide) groups is 1. The van der Waals surface area contributed by atoms with E-state index in [2.05, 4.69) is 22.2 Å². The zero-order valence-corrected chi connectivity index (χ0v) is 14.7. The van der Waals surface area contributed by atoms with Gasteiger partial charge in [-0.1, -0.05) is 6.92 Å². The van der Waals surface area contributed by atoms with Crippen LogP contribution in [0.25, 0.3) is 0 Å². The van der Waals surface area contributed by atoms with Gasteiger partial charge >= 0.3 is 0 Å². The van der Waals surface area contributed by atoms with E-state index in [0.717, 1.165) is 42.4 Å². The van der Waals surface area contributed by atoms with Crippen molar-refractivity contribution in [3.63, 3.8) is 0 Å². The van der Waals surface area contributed by atoms with Gasteiger partial charge in [-0.05, 0) is 25.7 Å². The molecule has 1 saturated carbocycles.